The van der Waals surface area contributed by atoms with Gasteiger partial charge in [0.1, 0.15) is 0 Å². The molecule has 1 heterocycles. The fourth-order valence-electron chi connectivity index (χ4n) is 1.27. The Bertz CT molecular complexity index is 294. The van der Waals surface area contributed by atoms with E-state index in [2.05, 4.69) is 20.9 Å². The van der Waals surface area contributed by atoms with Gasteiger partial charge in [0, 0.05) is 30.1 Å². The molecular weight excluding hydrogens is 258 g/mol. The molecule has 1 aromatic rings. The molecule has 0 bridgehead atoms. The molecule has 0 fully saturated rings. The number of nitrogens with zero attached hydrogens (tertiary/aromatic N) is 1. The van der Waals surface area contributed by atoms with Gasteiger partial charge in [-0.3, -0.25) is 0 Å². The Balaban J connectivity index is 2.56. The topological polar surface area (TPSA) is 31.4 Å². The molecule has 0 aliphatic rings. The van der Waals surface area contributed by atoms with Crippen LogP contribution in [0.3, 0.4) is 0 Å². The Morgan fingerprint density at radius 2 is 2.27 bits per heavy atom. The summed E-state index contributed by atoms with van der Waals surface area (Å²) in [7, 11) is 1.69. The minimum atomic E-state index is 0.298. The fraction of sp³-hybridized carbons (Fsp3) is 0.545. The van der Waals surface area contributed by atoms with Crippen LogP contribution in [0.25, 0.3) is 0 Å². The van der Waals surface area contributed by atoms with Crippen molar-refractivity contribution in [3.05, 3.63) is 23.9 Å². The average Bonchev–Trinajstić information content (AvgIpc) is 2.19. The van der Waals surface area contributed by atoms with Crippen molar-refractivity contribution >= 4 is 15.9 Å². The summed E-state index contributed by atoms with van der Waals surface area (Å²) in [6.07, 6.45) is 0.842. The summed E-state index contributed by atoms with van der Waals surface area (Å²) in [5.41, 5.74) is 1.01. The number of ether oxygens (including phenoxy) is 2. The number of halogens is 1. The Morgan fingerprint density at radius 3 is 2.93 bits per heavy atom. The first-order valence-corrected chi connectivity index (χ1v) is 5.89. The number of methoxy groups -OCH3 is 1. The molecule has 1 unspecified atom stereocenters. The van der Waals surface area contributed by atoms with E-state index in [9.17, 15) is 0 Å². The molecule has 3 nitrogen and oxygen atoms in total. The number of pyridine rings is 1. The van der Waals surface area contributed by atoms with E-state index in [0.717, 1.165) is 12.1 Å². The Morgan fingerprint density at radius 1 is 1.47 bits per heavy atom. The monoisotopic (exact) mass is 273 g/mol. The highest BCUT2D eigenvalue weighted by molar-refractivity contribution is 9.09. The first kappa shape index (κ1) is 12.5. The van der Waals surface area contributed by atoms with Crippen molar-refractivity contribution in [3.8, 4) is 5.88 Å². The smallest absolute Gasteiger partial charge is 0.213 e. The van der Waals surface area contributed by atoms with Crippen molar-refractivity contribution in [1.82, 2.24) is 4.98 Å². The second-order valence-electron chi connectivity index (χ2n) is 3.16. The minimum Gasteiger partial charge on any atom is -0.478 e. The molecule has 0 amide bonds. The van der Waals surface area contributed by atoms with Crippen LogP contribution in [0.1, 0.15) is 12.6 Å². The van der Waals surface area contributed by atoms with Gasteiger partial charge in [0.15, 0.2) is 0 Å². The molecule has 0 aromatic carbocycles. The molecule has 15 heavy (non-hydrogen) atoms. The molecule has 1 atom stereocenters. The van der Waals surface area contributed by atoms with E-state index in [1.165, 1.54) is 0 Å². The summed E-state index contributed by atoms with van der Waals surface area (Å²) >= 11 is 3.53. The summed E-state index contributed by atoms with van der Waals surface area (Å²) in [6.45, 7) is 3.28. The van der Waals surface area contributed by atoms with E-state index in [1.54, 1.807) is 7.11 Å². The van der Waals surface area contributed by atoms with Crippen LogP contribution in [0, 0.1) is 0 Å². The van der Waals surface area contributed by atoms with Crippen LogP contribution < -0.4 is 4.74 Å². The van der Waals surface area contributed by atoms with Crippen LogP contribution in [-0.4, -0.2) is 30.1 Å². The van der Waals surface area contributed by atoms with Crippen LogP contribution in [0.2, 0.25) is 0 Å². The molecule has 0 N–H and O–H groups in total. The van der Waals surface area contributed by atoms with Gasteiger partial charge in [-0.25, -0.2) is 4.98 Å². The molecule has 0 spiro atoms. The molecule has 0 saturated heterocycles. The molecule has 0 aliphatic heterocycles. The molecule has 0 radical (unpaired) electrons. The van der Waals surface area contributed by atoms with Crippen LogP contribution in [0.4, 0.5) is 0 Å². The summed E-state index contributed by atoms with van der Waals surface area (Å²) in [4.78, 5) is 4.67. The molecule has 1 aromatic heterocycles. The summed E-state index contributed by atoms with van der Waals surface area (Å²) < 4.78 is 10.4. The first-order chi connectivity index (χ1) is 7.26. The van der Waals surface area contributed by atoms with Crippen LogP contribution >= 0.6 is 15.9 Å². The van der Waals surface area contributed by atoms with Gasteiger partial charge in [-0.1, -0.05) is 22.0 Å². The van der Waals surface area contributed by atoms with Crippen molar-refractivity contribution < 1.29 is 9.47 Å². The maximum Gasteiger partial charge on any atom is 0.213 e. The predicted octanol–water partition coefficient (Wildman–Crippen LogP) is 2.43. The maximum atomic E-state index is 5.33. The SMILES string of the molecule is CCOc1cccc(CC(Br)COC)n1. The zero-order chi connectivity index (χ0) is 11.1. The van der Waals surface area contributed by atoms with Gasteiger partial charge in [0.2, 0.25) is 5.88 Å². The lowest BCUT2D eigenvalue weighted by atomic mass is 10.2. The van der Waals surface area contributed by atoms with Crippen molar-refractivity contribution in [2.24, 2.45) is 0 Å². The molecule has 84 valence electrons. The third-order valence-electron chi connectivity index (χ3n) is 1.85. The zero-order valence-corrected chi connectivity index (χ0v) is 10.7. The van der Waals surface area contributed by atoms with Gasteiger partial charge >= 0.3 is 0 Å². The van der Waals surface area contributed by atoms with E-state index in [1.807, 2.05) is 25.1 Å². The highest BCUT2D eigenvalue weighted by Crippen LogP contribution is 2.12. The Labute approximate surface area is 98.9 Å². The van der Waals surface area contributed by atoms with Gasteiger partial charge in [-0.15, -0.1) is 0 Å². The third-order valence-corrected chi connectivity index (χ3v) is 2.44. The first-order valence-electron chi connectivity index (χ1n) is 4.98. The second kappa shape index (κ2) is 6.80. The van der Waals surface area contributed by atoms with Gasteiger partial charge in [0.05, 0.1) is 13.2 Å². The second-order valence-corrected chi connectivity index (χ2v) is 4.45. The Hall–Kier alpha value is -0.610. The van der Waals surface area contributed by atoms with E-state index in [0.29, 0.717) is 23.9 Å². The third kappa shape index (κ3) is 4.62. The van der Waals surface area contributed by atoms with E-state index >= 15 is 0 Å². The molecule has 4 heteroatoms. The summed E-state index contributed by atoms with van der Waals surface area (Å²) in [5, 5.41) is 0. The van der Waals surface area contributed by atoms with Crippen LogP contribution in [0.15, 0.2) is 18.2 Å². The summed E-state index contributed by atoms with van der Waals surface area (Å²) in [5.74, 6) is 0.687. The van der Waals surface area contributed by atoms with Crippen LogP contribution in [-0.2, 0) is 11.2 Å². The number of rotatable bonds is 6. The van der Waals surface area contributed by atoms with Gasteiger partial charge < -0.3 is 9.47 Å². The highest BCUT2D eigenvalue weighted by Gasteiger charge is 2.06. The van der Waals surface area contributed by atoms with Crippen molar-refractivity contribution in [3.63, 3.8) is 0 Å². The lowest BCUT2D eigenvalue weighted by molar-refractivity contribution is 0.200. The lowest BCUT2D eigenvalue weighted by Crippen LogP contribution is -2.11. The fourth-order valence-corrected chi connectivity index (χ4v) is 1.86. The molecule has 0 saturated carbocycles. The van der Waals surface area contributed by atoms with Crippen LogP contribution in [0.5, 0.6) is 5.88 Å². The van der Waals surface area contributed by atoms with Gasteiger partial charge in [-0.05, 0) is 13.0 Å². The standard InChI is InChI=1S/C11H16BrNO2/c1-3-15-11-6-4-5-10(13-11)7-9(12)8-14-2/h4-6,9H,3,7-8H2,1-2H3. The van der Waals surface area contributed by atoms with Crippen molar-refractivity contribution in [1.29, 1.82) is 0 Å². The van der Waals surface area contributed by atoms with E-state index < -0.39 is 0 Å². The quantitative estimate of drug-likeness (QED) is 0.747. The van der Waals surface area contributed by atoms with Crippen molar-refractivity contribution in [2.75, 3.05) is 20.3 Å². The number of hydrogen-bond acceptors (Lipinski definition) is 3. The Kier molecular flexibility index (Phi) is 5.65. The summed E-state index contributed by atoms with van der Waals surface area (Å²) in [6, 6.07) is 5.82. The maximum absolute atomic E-state index is 5.33. The minimum absolute atomic E-state index is 0.298. The van der Waals surface area contributed by atoms with E-state index in [-0.39, 0.29) is 0 Å². The number of hydrogen-bond donors (Lipinski definition) is 0. The number of alkyl halides is 1. The number of aromatic nitrogens is 1. The van der Waals surface area contributed by atoms with E-state index in [4.69, 9.17) is 9.47 Å². The largest absolute Gasteiger partial charge is 0.478 e. The molecule has 0 aliphatic carbocycles. The lowest BCUT2D eigenvalue weighted by Gasteiger charge is -2.09. The predicted molar refractivity (Wildman–Crippen MR) is 63.7 cm³/mol. The van der Waals surface area contributed by atoms with Crippen molar-refractivity contribution in [2.45, 2.75) is 18.2 Å². The zero-order valence-electron chi connectivity index (χ0n) is 9.07. The van der Waals surface area contributed by atoms with Gasteiger partial charge in [0.25, 0.3) is 0 Å². The van der Waals surface area contributed by atoms with Gasteiger partial charge in [-0.2, -0.15) is 0 Å². The average molecular weight is 274 g/mol. The molecular formula is C11H16BrNO2. The highest BCUT2D eigenvalue weighted by atomic mass is 79.9. The normalized spacial score (nSPS) is 12.5. The molecule has 1 rings (SSSR count).